The van der Waals surface area contributed by atoms with E-state index in [0.29, 0.717) is 6.54 Å². The maximum atomic E-state index is 6.11. The Morgan fingerprint density at radius 3 is 2.73 bits per heavy atom. The number of fused-ring (bicyclic) bond motifs is 3. The molecule has 5 rings (SSSR count). The van der Waals surface area contributed by atoms with Crippen LogP contribution in [0.4, 0.5) is 0 Å². The van der Waals surface area contributed by atoms with Crippen LogP contribution in [0.2, 0.25) is 5.02 Å². The summed E-state index contributed by atoms with van der Waals surface area (Å²) in [4.78, 5) is 8.78. The minimum absolute atomic E-state index is 0.520. The summed E-state index contributed by atoms with van der Waals surface area (Å²) in [5.41, 5.74) is 3.24. The van der Waals surface area contributed by atoms with Crippen LogP contribution in [0, 0.1) is 6.92 Å². The van der Waals surface area contributed by atoms with Crippen molar-refractivity contribution in [3.8, 4) is 5.00 Å². The van der Waals surface area contributed by atoms with Gasteiger partial charge in [0.1, 0.15) is 17.4 Å². The highest BCUT2D eigenvalue weighted by Crippen LogP contribution is 2.33. The Balaban J connectivity index is 1.45. The third-order valence-electron chi connectivity index (χ3n) is 5.61. The first-order valence-corrected chi connectivity index (χ1v) is 11.5. The van der Waals surface area contributed by atoms with Crippen LogP contribution in [0.15, 0.2) is 35.3 Å². The first kappa shape index (κ1) is 19.9. The molecule has 2 aliphatic rings. The Bertz CT molecular complexity index is 1070. The maximum Gasteiger partial charge on any atom is 0.160 e. The molecule has 0 radical (unpaired) electrons. The molecule has 1 fully saturated rings. The van der Waals surface area contributed by atoms with Crippen LogP contribution in [-0.2, 0) is 17.7 Å². The number of benzene rings is 1. The van der Waals surface area contributed by atoms with Crippen molar-refractivity contribution in [2.75, 3.05) is 32.8 Å². The van der Waals surface area contributed by atoms with Crippen LogP contribution in [0.25, 0.3) is 5.00 Å². The van der Waals surface area contributed by atoms with Crippen LogP contribution in [-0.4, -0.2) is 58.2 Å². The van der Waals surface area contributed by atoms with Gasteiger partial charge in [-0.05, 0) is 44.5 Å². The van der Waals surface area contributed by atoms with Gasteiger partial charge in [0.25, 0.3) is 0 Å². The number of aromatic nitrogens is 3. The van der Waals surface area contributed by atoms with Crippen molar-refractivity contribution >= 4 is 28.6 Å². The summed E-state index contributed by atoms with van der Waals surface area (Å²) in [7, 11) is 0. The molecule has 0 unspecified atom stereocenters. The van der Waals surface area contributed by atoms with Crippen molar-refractivity contribution in [2.45, 2.75) is 26.3 Å². The lowest BCUT2D eigenvalue weighted by atomic mass is 10.0. The molecule has 0 saturated carbocycles. The van der Waals surface area contributed by atoms with Crippen LogP contribution in [0.3, 0.4) is 0 Å². The average Bonchev–Trinajstić information content (AvgIpc) is 3.29. The third-order valence-corrected chi connectivity index (χ3v) is 7.04. The molecule has 0 bridgehead atoms. The summed E-state index contributed by atoms with van der Waals surface area (Å²) < 4.78 is 7.62. The molecule has 0 spiro atoms. The monoisotopic (exact) mass is 441 g/mol. The SMILES string of the molecule is Cc1nnc2n1-c1sc(CCCN3CCOCC3)cc1C(c1ccc(Cl)cc1)=NC2. The highest BCUT2D eigenvalue weighted by Gasteiger charge is 2.24. The van der Waals surface area contributed by atoms with Crippen LogP contribution < -0.4 is 0 Å². The zero-order valence-corrected chi connectivity index (χ0v) is 18.5. The highest BCUT2D eigenvalue weighted by atomic mass is 35.5. The van der Waals surface area contributed by atoms with E-state index in [1.165, 1.54) is 9.88 Å². The van der Waals surface area contributed by atoms with Crippen LogP contribution in [0.1, 0.15) is 34.1 Å². The lowest BCUT2D eigenvalue weighted by Crippen LogP contribution is -2.36. The number of rotatable bonds is 5. The fourth-order valence-corrected chi connectivity index (χ4v) is 5.45. The van der Waals surface area contributed by atoms with Gasteiger partial charge in [0.2, 0.25) is 0 Å². The van der Waals surface area contributed by atoms with Crippen molar-refractivity contribution in [3.05, 3.63) is 63.0 Å². The van der Waals surface area contributed by atoms with Crippen LogP contribution in [0.5, 0.6) is 0 Å². The summed E-state index contributed by atoms with van der Waals surface area (Å²) in [6, 6.07) is 10.2. The third kappa shape index (κ3) is 3.95. The molecule has 1 aromatic carbocycles. The second kappa shape index (κ2) is 8.59. The molecule has 2 aliphatic heterocycles. The number of aryl methyl sites for hydroxylation is 2. The van der Waals surface area contributed by atoms with E-state index in [1.807, 2.05) is 42.5 Å². The van der Waals surface area contributed by atoms with Gasteiger partial charge in [-0.1, -0.05) is 23.7 Å². The summed E-state index contributed by atoms with van der Waals surface area (Å²) in [6.07, 6.45) is 2.19. The molecule has 0 amide bonds. The van der Waals surface area contributed by atoms with Gasteiger partial charge in [0, 0.05) is 34.1 Å². The Hall–Kier alpha value is -2.06. The van der Waals surface area contributed by atoms with Gasteiger partial charge in [-0.3, -0.25) is 14.5 Å². The molecular formula is C22H24ClN5OS. The van der Waals surface area contributed by atoms with Gasteiger partial charge in [0.05, 0.1) is 18.9 Å². The van der Waals surface area contributed by atoms with Gasteiger partial charge >= 0.3 is 0 Å². The fourth-order valence-electron chi connectivity index (χ4n) is 4.05. The van der Waals surface area contributed by atoms with Gasteiger partial charge in [-0.15, -0.1) is 21.5 Å². The number of morpholine rings is 1. The summed E-state index contributed by atoms with van der Waals surface area (Å²) >= 11 is 7.94. The molecule has 0 aliphatic carbocycles. The molecule has 2 aromatic heterocycles. The lowest BCUT2D eigenvalue weighted by molar-refractivity contribution is 0.0375. The molecule has 1 saturated heterocycles. The molecule has 0 N–H and O–H groups in total. The number of hydrogen-bond donors (Lipinski definition) is 0. The molecule has 8 heteroatoms. The molecule has 4 heterocycles. The molecule has 0 atom stereocenters. The van der Waals surface area contributed by atoms with E-state index in [1.54, 1.807) is 0 Å². The smallest absolute Gasteiger partial charge is 0.160 e. The van der Waals surface area contributed by atoms with E-state index >= 15 is 0 Å². The highest BCUT2D eigenvalue weighted by molar-refractivity contribution is 7.15. The first-order chi connectivity index (χ1) is 14.7. The second-order valence-corrected chi connectivity index (χ2v) is 9.21. The van der Waals surface area contributed by atoms with Crippen molar-refractivity contribution in [1.29, 1.82) is 0 Å². The quantitative estimate of drug-likeness (QED) is 0.602. The van der Waals surface area contributed by atoms with Crippen molar-refractivity contribution in [3.63, 3.8) is 0 Å². The zero-order valence-electron chi connectivity index (χ0n) is 17.0. The first-order valence-electron chi connectivity index (χ1n) is 10.3. The topological polar surface area (TPSA) is 55.5 Å². The fraction of sp³-hybridized carbons (Fsp3) is 0.409. The van der Waals surface area contributed by atoms with E-state index in [-0.39, 0.29) is 0 Å². The minimum atomic E-state index is 0.520. The lowest BCUT2D eigenvalue weighted by Gasteiger charge is -2.26. The van der Waals surface area contributed by atoms with E-state index in [0.717, 1.165) is 79.2 Å². The van der Waals surface area contributed by atoms with Gasteiger partial charge in [-0.25, -0.2) is 0 Å². The predicted octanol–water partition coefficient (Wildman–Crippen LogP) is 3.91. The minimum Gasteiger partial charge on any atom is -0.379 e. The predicted molar refractivity (Wildman–Crippen MR) is 120 cm³/mol. The Morgan fingerprint density at radius 1 is 1.13 bits per heavy atom. The maximum absolute atomic E-state index is 6.11. The Morgan fingerprint density at radius 2 is 1.93 bits per heavy atom. The average molecular weight is 442 g/mol. The normalized spacial score (nSPS) is 16.7. The number of halogens is 1. The van der Waals surface area contributed by atoms with E-state index in [2.05, 4.69) is 25.7 Å². The molecule has 30 heavy (non-hydrogen) atoms. The molecule has 3 aromatic rings. The van der Waals surface area contributed by atoms with Gasteiger partial charge in [-0.2, -0.15) is 0 Å². The van der Waals surface area contributed by atoms with E-state index in [9.17, 15) is 0 Å². The Labute approximate surface area is 185 Å². The summed E-state index contributed by atoms with van der Waals surface area (Å²) in [5.74, 6) is 1.79. The standard InChI is InChI=1S/C22H24ClN5OS/c1-15-25-26-20-14-24-21(16-4-6-17(23)7-5-16)19-13-18(30-22(19)28(15)20)3-2-8-27-9-11-29-12-10-27/h4-7,13H,2-3,8-12,14H2,1H3. The van der Waals surface area contributed by atoms with Crippen LogP contribution >= 0.6 is 22.9 Å². The number of hydrogen-bond acceptors (Lipinski definition) is 6. The molecule has 156 valence electrons. The van der Waals surface area contributed by atoms with Crippen molar-refractivity contribution in [2.24, 2.45) is 4.99 Å². The van der Waals surface area contributed by atoms with Crippen molar-refractivity contribution < 1.29 is 4.74 Å². The summed E-state index contributed by atoms with van der Waals surface area (Å²) in [6.45, 7) is 7.42. The van der Waals surface area contributed by atoms with Gasteiger partial charge in [0.15, 0.2) is 5.82 Å². The van der Waals surface area contributed by atoms with E-state index in [4.69, 9.17) is 21.3 Å². The Kier molecular flexibility index (Phi) is 5.69. The molecular weight excluding hydrogens is 418 g/mol. The number of thiophene rings is 1. The number of ether oxygens (including phenoxy) is 1. The number of nitrogens with zero attached hydrogens (tertiary/aromatic N) is 5. The largest absolute Gasteiger partial charge is 0.379 e. The summed E-state index contributed by atoms with van der Waals surface area (Å²) in [5, 5.41) is 10.6. The second-order valence-electron chi connectivity index (χ2n) is 7.66. The number of aliphatic imine (C=N–C) groups is 1. The van der Waals surface area contributed by atoms with Crippen molar-refractivity contribution in [1.82, 2.24) is 19.7 Å². The van der Waals surface area contributed by atoms with Gasteiger partial charge < -0.3 is 4.74 Å². The molecule has 6 nitrogen and oxygen atoms in total. The van der Waals surface area contributed by atoms with E-state index < -0.39 is 0 Å². The zero-order chi connectivity index (χ0) is 20.5.